The van der Waals surface area contributed by atoms with Crippen LogP contribution in [0, 0.1) is 0 Å². The smallest absolute Gasteiger partial charge is 0.217 e. The van der Waals surface area contributed by atoms with Crippen molar-refractivity contribution in [1.82, 2.24) is 4.31 Å². The Labute approximate surface area is 68.4 Å². The van der Waals surface area contributed by atoms with E-state index in [0.717, 1.165) is 0 Å². The number of hydrogen-bond acceptors (Lipinski definition) is 3. The van der Waals surface area contributed by atoms with Gasteiger partial charge in [0.2, 0.25) is 10.0 Å². The Morgan fingerprint density at radius 3 is 2.27 bits per heavy atom. The quantitative estimate of drug-likeness (QED) is 0.641. The van der Waals surface area contributed by atoms with Gasteiger partial charge in [-0.1, -0.05) is 6.92 Å². The van der Waals surface area contributed by atoms with Crippen LogP contribution in [0.5, 0.6) is 0 Å². The molecule has 11 heavy (non-hydrogen) atoms. The molecule has 0 saturated carbocycles. The van der Waals surface area contributed by atoms with Gasteiger partial charge >= 0.3 is 0 Å². The molecule has 0 aliphatic carbocycles. The van der Waals surface area contributed by atoms with E-state index in [9.17, 15) is 8.42 Å². The third kappa shape index (κ3) is 2.43. The zero-order chi connectivity index (χ0) is 9.07. The van der Waals surface area contributed by atoms with Crippen molar-refractivity contribution in [2.45, 2.75) is 19.1 Å². The maximum Gasteiger partial charge on any atom is 0.217 e. The normalized spacial score (nSPS) is 15.4. The second-order valence-corrected chi connectivity index (χ2v) is 4.96. The number of nitrogens with zero attached hydrogens (tertiary/aromatic N) is 1. The molecule has 0 aliphatic rings. The fourth-order valence-corrected chi connectivity index (χ4v) is 1.83. The summed E-state index contributed by atoms with van der Waals surface area (Å²) in [5.41, 5.74) is 5.24. The van der Waals surface area contributed by atoms with E-state index in [2.05, 4.69) is 0 Å². The molecular formula is C6H16N2O2S. The summed E-state index contributed by atoms with van der Waals surface area (Å²) in [5.74, 6) is 0. The van der Waals surface area contributed by atoms with Crippen LogP contribution in [0.25, 0.3) is 0 Å². The van der Waals surface area contributed by atoms with Crippen molar-refractivity contribution >= 4 is 10.0 Å². The van der Waals surface area contributed by atoms with Crippen LogP contribution >= 0.6 is 0 Å². The van der Waals surface area contributed by atoms with Crippen LogP contribution < -0.4 is 5.73 Å². The minimum atomic E-state index is -3.13. The Bertz CT molecular complexity index is 185. The minimum Gasteiger partial charge on any atom is -0.329 e. The summed E-state index contributed by atoms with van der Waals surface area (Å²) < 4.78 is 24.0. The zero-order valence-corrected chi connectivity index (χ0v) is 8.06. The van der Waals surface area contributed by atoms with E-state index in [1.165, 1.54) is 4.31 Å². The highest BCUT2D eigenvalue weighted by Gasteiger charge is 2.22. The van der Waals surface area contributed by atoms with E-state index < -0.39 is 15.3 Å². The molecule has 0 amide bonds. The molecule has 0 radical (unpaired) electrons. The molecule has 0 aromatic carbocycles. The summed E-state index contributed by atoms with van der Waals surface area (Å²) in [6, 6.07) is 0. The van der Waals surface area contributed by atoms with Crippen molar-refractivity contribution < 1.29 is 8.42 Å². The van der Waals surface area contributed by atoms with Gasteiger partial charge in [0.15, 0.2) is 0 Å². The van der Waals surface area contributed by atoms with Gasteiger partial charge in [0, 0.05) is 20.1 Å². The van der Waals surface area contributed by atoms with Gasteiger partial charge < -0.3 is 5.73 Å². The van der Waals surface area contributed by atoms with E-state index in [-0.39, 0.29) is 6.54 Å². The Kier molecular flexibility index (Phi) is 3.99. The molecule has 0 aromatic rings. The molecule has 2 N–H and O–H groups in total. The topological polar surface area (TPSA) is 63.4 Å². The number of sulfonamides is 1. The number of rotatable bonds is 4. The van der Waals surface area contributed by atoms with Crippen molar-refractivity contribution in [2.75, 3.05) is 20.1 Å². The minimum absolute atomic E-state index is 0.173. The van der Waals surface area contributed by atoms with Crippen molar-refractivity contribution in [2.24, 2.45) is 5.73 Å². The van der Waals surface area contributed by atoms with Crippen molar-refractivity contribution in [3.8, 4) is 0 Å². The summed E-state index contributed by atoms with van der Waals surface area (Å²) in [5, 5.41) is -0.479. The average Bonchev–Trinajstić information content (AvgIpc) is 2.01. The lowest BCUT2D eigenvalue weighted by molar-refractivity contribution is 0.476. The maximum absolute atomic E-state index is 11.3. The second-order valence-electron chi connectivity index (χ2n) is 2.51. The molecule has 0 bridgehead atoms. The molecule has 5 heteroatoms. The van der Waals surface area contributed by atoms with Crippen LogP contribution in [-0.4, -0.2) is 38.1 Å². The van der Waals surface area contributed by atoms with Crippen LogP contribution in [0.15, 0.2) is 0 Å². The van der Waals surface area contributed by atoms with Gasteiger partial charge in [-0.05, 0) is 6.92 Å². The molecule has 0 aromatic heterocycles. The highest BCUT2D eigenvalue weighted by Crippen LogP contribution is 2.03. The molecule has 68 valence electrons. The second kappa shape index (κ2) is 4.04. The first-order chi connectivity index (χ1) is 4.96. The lowest BCUT2D eigenvalue weighted by atomic mass is 10.5. The molecule has 1 unspecified atom stereocenters. The van der Waals surface area contributed by atoms with Gasteiger partial charge in [-0.3, -0.25) is 0 Å². The summed E-state index contributed by atoms with van der Waals surface area (Å²) in [6.45, 7) is 4.07. The fraction of sp³-hybridized carbons (Fsp3) is 1.00. The first kappa shape index (κ1) is 10.9. The fourth-order valence-electron chi connectivity index (χ4n) is 0.609. The lowest BCUT2D eigenvalue weighted by Crippen LogP contribution is -2.38. The first-order valence-corrected chi connectivity index (χ1v) is 5.12. The Balaban J connectivity index is 4.46. The van der Waals surface area contributed by atoms with E-state index in [1.54, 1.807) is 20.9 Å². The Morgan fingerprint density at radius 2 is 2.00 bits per heavy atom. The Hall–Kier alpha value is -0.130. The van der Waals surface area contributed by atoms with E-state index in [4.69, 9.17) is 5.73 Å². The van der Waals surface area contributed by atoms with Gasteiger partial charge in [-0.15, -0.1) is 0 Å². The maximum atomic E-state index is 11.3. The number of nitrogens with two attached hydrogens (primary N) is 1. The summed E-state index contributed by atoms with van der Waals surface area (Å²) in [6.07, 6.45) is 0. The molecule has 1 atom stereocenters. The van der Waals surface area contributed by atoms with Crippen LogP contribution in [0.4, 0.5) is 0 Å². The standard InChI is InChI=1S/C6H16N2O2S/c1-4-8(3)11(9,10)6(2)5-7/h6H,4-5,7H2,1-3H3. The van der Waals surface area contributed by atoms with Crippen molar-refractivity contribution in [3.05, 3.63) is 0 Å². The molecule has 4 nitrogen and oxygen atoms in total. The molecule has 0 rings (SSSR count). The van der Waals surface area contributed by atoms with Gasteiger partial charge in [-0.2, -0.15) is 0 Å². The molecular weight excluding hydrogens is 164 g/mol. The van der Waals surface area contributed by atoms with Crippen molar-refractivity contribution in [3.63, 3.8) is 0 Å². The molecule has 0 saturated heterocycles. The number of hydrogen-bond donors (Lipinski definition) is 1. The van der Waals surface area contributed by atoms with Gasteiger partial charge in [0.1, 0.15) is 0 Å². The monoisotopic (exact) mass is 180 g/mol. The van der Waals surface area contributed by atoms with Crippen LogP contribution in [0.3, 0.4) is 0 Å². The summed E-state index contributed by atoms with van der Waals surface area (Å²) in [4.78, 5) is 0. The highest BCUT2D eigenvalue weighted by molar-refractivity contribution is 7.89. The van der Waals surface area contributed by atoms with Gasteiger partial charge in [0.25, 0.3) is 0 Å². The Morgan fingerprint density at radius 1 is 1.55 bits per heavy atom. The van der Waals surface area contributed by atoms with Crippen LogP contribution in [-0.2, 0) is 10.0 Å². The van der Waals surface area contributed by atoms with Crippen molar-refractivity contribution in [1.29, 1.82) is 0 Å². The summed E-state index contributed by atoms with van der Waals surface area (Å²) in [7, 11) is -1.57. The summed E-state index contributed by atoms with van der Waals surface area (Å²) >= 11 is 0. The van der Waals surface area contributed by atoms with E-state index in [0.29, 0.717) is 6.54 Å². The first-order valence-electron chi connectivity index (χ1n) is 3.62. The van der Waals surface area contributed by atoms with Gasteiger partial charge in [-0.25, -0.2) is 12.7 Å². The molecule has 0 spiro atoms. The molecule has 0 fully saturated rings. The van der Waals surface area contributed by atoms with E-state index in [1.807, 2.05) is 0 Å². The molecule has 0 heterocycles. The largest absolute Gasteiger partial charge is 0.329 e. The predicted octanol–water partition coefficient (Wildman–Crippen LogP) is -0.385. The zero-order valence-electron chi connectivity index (χ0n) is 7.24. The third-order valence-corrected chi connectivity index (χ3v) is 4.06. The van der Waals surface area contributed by atoms with Crippen LogP contribution in [0.1, 0.15) is 13.8 Å². The lowest BCUT2D eigenvalue weighted by Gasteiger charge is -2.18. The average molecular weight is 180 g/mol. The van der Waals surface area contributed by atoms with E-state index >= 15 is 0 Å². The molecule has 0 aliphatic heterocycles. The SMILES string of the molecule is CCN(C)S(=O)(=O)C(C)CN. The predicted molar refractivity (Wildman–Crippen MR) is 45.7 cm³/mol. The van der Waals surface area contributed by atoms with Gasteiger partial charge in [0.05, 0.1) is 5.25 Å². The third-order valence-electron chi connectivity index (χ3n) is 1.72. The van der Waals surface area contributed by atoms with Crippen LogP contribution in [0.2, 0.25) is 0 Å². The highest BCUT2D eigenvalue weighted by atomic mass is 32.2.